The number of nitrogens with one attached hydrogen (secondary N) is 4. The summed E-state index contributed by atoms with van der Waals surface area (Å²) in [4.78, 5) is 61.8. The number of rotatable bonds is 9. The Balaban J connectivity index is 1.37. The Hall–Kier alpha value is -4.03. The van der Waals surface area contributed by atoms with Gasteiger partial charge in [-0.3, -0.25) is 19.2 Å². The molecule has 186 valence electrons. The van der Waals surface area contributed by atoms with Gasteiger partial charge in [-0.1, -0.05) is 18.2 Å². The maximum Gasteiger partial charge on any atom is 0.328 e. The first-order chi connectivity index (χ1) is 17.2. The summed E-state index contributed by atoms with van der Waals surface area (Å²) >= 11 is 2.16. The summed E-state index contributed by atoms with van der Waals surface area (Å²) in [5, 5.41) is 21.7. The monoisotopic (exact) mass is 526 g/mol. The van der Waals surface area contributed by atoms with E-state index in [1.54, 1.807) is 42.6 Å². The number of aliphatic carboxylic acids is 1. The Morgan fingerprint density at radius 1 is 1.06 bits per heavy atom. The molecule has 1 aliphatic rings. The predicted octanol–water partition coefficient (Wildman–Crippen LogP) is 2.16. The summed E-state index contributed by atoms with van der Waals surface area (Å²) in [6.45, 7) is 1.56. The molecule has 12 heteroatoms. The van der Waals surface area contributed by atoms with E-state index in [1.165, 1.54) is 11.3 Å². The molecule has 1 aliphatic heterocycles. The van der Waals surface area contributed by atoms with Crippen molar-refractivity contribution in [3.63, 3.8) is 0 Å². The SMILES string of the molecule is Cc1cc(C(=O)NCc2cccc3c2CC(=O)N3)sc1C(=O)N[C@@H](CNC(=O)c1cccs1)C(=O)O. The summed E-state index contributed by atoms with van der Waals surface area (Å²) in [6.07, 6.45) is 0.252. The second kappa shape index (κ2) is 10.7. The van der Waals surface area contributed by atoms with Gasteiger partial charge in [-0.2, -0.15) is 0 Å². The highest BCUT2D eigenvalue weighted by molar-refractivity contribution is 7.16. The number of aryl methyl sites for hydroxylation is 1. The van der Waals surface area contributed by atoms with E-state index in [1.807, 2.05) is 6.07 Å². The van der Waals surface area contributed by atoms with E-state index in [-0.39, 0.29) is 35.2 Å². The number of thiophene rings is 2. The molecule has 36 heavy (non-hydrogen) atoms. The van der Waals surface area contributed by atoms with Crippen LogP contribution in [-0.2, 0) is 22.6 Å². The minimum atomic E-state index is -1.35. The third kappa shape index (κ3) is 5.61. The van der Waals surface area contributed by atoms with Crippen molar-refractivity contribution in [3.8, 4) is 0 Å². The normalized spacial score (nSPS) is 12.9. The second-order valence-electron chi connectivity index (χ2n) is 8.03. The number of hydrogen-bond acceptors (Lipinski definition) is 7. The molecule has 1 aromatic carbocycles. The minimum Gasteiger partial charge on any atom is -0.480 e. The van der Waals surface area contributed by atoms with Crippen LogP contribution in [0.2, 0.25) is 0 Å². The third-order valence-corrected chi connectivity index (χ3v) is 7.59. The van der Waals surface area contributed by atoms with Crippen LogP contribution in [0.1, 0.15) is 45.7 Å². The summed E-state index contributed by atoms with van der Waals surface area (Å²) in [6, 6.07) is 8.95. The molecule has 0 spiro atoms. The summed E-state index contributed by atoms with van der Waals surface area (Å²) in [7, 11) is 0. The van der Waals surface area contributed by atoms with Gasteiger partial charge in [-0.15, -0.1) is 22.7 Å². The zero-order valence-electron chi connectivity index (χ0n) is 19.0. The molecule has 0 aliphatic carbocycles. The van der Waals surface area contributed by atoms with E-state index >= 15 is 0 Å². The van der Waals surface area contributed by atoms with Crippen LogP contribution in [0.5, 0.6) is 0 Å². The predicted molar refractivity (Wildman–Crippen MR) is 135 cm³/mol. The number of fused-ring (bicyclic) bond motifs is 1. The maximum absolute atomic E-state index is 12.8. The summed E-state index contributed by atoms with van der Waals surface area (Å²) in [5.41, 5.74) is 2.91. The Bertz CT molecular complexity index is 1350. The molecule has 3 heterocycles. The van der Waals surface area contributed by atoms with E-state index < -0.39 is 29.7 Å². The van der Waals surface area contributed by atoms with Gasteiger partial charge in [0.15, 0.2) is 0 Å². The van der Waals surface area contributed by atoms with Crippen molar-refractivity contribution in [2.75, 3.05) is 11.9 Å². The van der Waals surface area contributed by atoms with E-state index in [0.29, 0.717) is 10.4 Å². The molecular weight excluding hydrogens is 504 g/mol. The highest BCUT2D eigenvalue weighted by atomic mass is 32.1. The van der Waals surface area contributed by atoms with Crippen LogP contribution in [0, 0.1) is 6.92 Å². The van der Waals surface area contributed by atoms with Crippen molar-refractivity contribution in [3.05, 3.63) is 73.1 Å². The van der Waals surface area contributed by atoms with Crippen LogP contribution in [0.25, 0.3) is 0 Å². The van der Waals surface area contributed by atoms with Gasteiger partial charge in [0, 0.05) is 18.8 Å². The highest BCUT2D eigenvalue weighted by Gasteiger charge is 2.25. The van der Waals surface area contributed by atoms with Crippen LogP contribution >= 0.6 is 22.7 Å². The summed E-state index contributed by atoms with van der Waals surface area (Å²) < 4.78 is 0. The van der Waals surface area contributed by atoms with Gasteiger partial charge in [-0.05, 0) is 47.2 Å². The standard InChI is InChI=1S/C24H22N4O6S2/c1-12-8-18(22(31)25-10-13-4-2-5-15-14(13)9-19(29)27-15)36-20(12)23(32)28-16(24(33)34)11-26-21(30)17-6-3-7-35-17/h2-8,16H,9-11H2,1H3,(H,25,31)(H,26,30)(H,27,29)(H,28,32)(H,33,34)/t16-/m0/s1. The molecular formula is C24H22N4O6S2. The van der Waals surface area contributed by atoms with Gasteiger partial charge in [0.25, 0.3) is 17.7 Å². The van der Waals surface area contributed by atoms with E-state index in [4.69, 9.17) is 0 Å². The molecule has 0 unspecified atom stereocenters. The topological polar surface area (TPSA) is 154 Å². The molecule has 5 N–H and O–H groups in total. The zero-order chi connectivity index (χ0) is 25.8. The minimum absolute atomic E-state index is 0.0981. The number of anilines is 1. The number of carbonyl (C=O) groups excluding carboxylic acids is 4. The van der Waals surface area contributed by atoms with Crippen molar-refractivity contribution in [2.45, 2.75) is 25.9 Å². The highest BCUT2D eigenvalue weighted by Crippen LogP contribution is 2.27. The quantitative estimate of drug-likeness (QED) is 0.288. The largest absolute Gasteiger partial charge is 0.480 e. The molecule has 3 aromatic rings. The third-order valence-electron chi connectivity index (χ3n) is 5.49. The zero-order valence-corrected chi connectivity index (χ0v) is 20.7. The maximum atomic E-state index is 12.8. The summed E-state index contributed by atoms with van der Waals surface area (Å²) in [5.74, 6) is -2.87. The van der Waals surface area contributed by atoms with Crippen molar-refractivity contribution >= 4 is 58.0 Å². The fourth-order valence-electron chi connectivity index (χ4n) is 3.68. The Morgan fingerprint density at radius 2 is 1.83 bits per heavy atom. The number of carboxylic acid groups (broad SMARTS) is 1. The molecule has 0 radical (unpaired) electrons. The van der Waals surface area contributed by atoms with Gasteiger partial charge < -0.3 is 26.4 Å². The molecule has 4 amide bonds. The van der Waals surface area contributed by atoms with Crippen LogP contribution in [-0.4, -0.2) is 47.3 Å². The van der Waals surface area contributed by atoms with Gasteiger partial charge in [0.2, 0.25) is 5.91 Å². The van der Waals surface area contributed by atoms with E-state index in [9.17, 15) is 29.1 Å². The fourth-order valence-corrected chi connectivity index (χ4v) is 5.31. The van der Waals surface area contributed by atoms with Crippen LogP contribution < -0.4 is 21.3 Å². The van der Waals surface area contributed by atoms with Gasteiger partial charge >= 0.3 is 5.97 Å². The first-order valence-corrected chi connectivity index (χ1v) is 12.6. The number of carboxylic acids is 1. The van der Waals surface area contributed by atoms with Gasteiger partial charge in [0.1, 0.15) is 6.04 Å². The second-order valence-corrected chi connectivity index (χ2v) is 10.0. The average Bonchev–Trinajstić information content (AvgIpc) is 3.59. The lowest BCUT2D eigenvalue weighted by atomic mass is 10.0. The van der Waals surface area contributed by atoms with Crippen LogP contribution in [0.15, 0.2) is 41.8 Å². The molecule has 1 atom stereocenters. The molecule has 0 saturated carbocycles. The number of benzene rings is 1. The Labute approximate surface area is 213 Å². The number of carbonyl (C=O) groups is 5. The van der Waals surface area contributed by atoms with E-state index in [0.717, 1.165) is 28.2 Å². The van der Waals surface area contributed by atoms with Gasteiger partial charge in [0.05, 0.1) is 21.1 Å². The number of hydrogen-bond donors (Lipinski definition) is 5. The van der Waals surface area contributed by atoms with Crippen molar-refractivity contribution in [2.24, 2.45) is 0 Å². The molecule has 2 aromatic heterocycles. The van der Waals surface area contributed by atoms with E-state index in [2.05, 4.69) is 21.3 Å². The lowest BCUT2D eigenvalue weighted by Crippen LogP contribution is -2.48. The fraction of sp³-hybridized carbons (Fsp3) is 0.208. The van der Waals surface area contributed by atoms with Crippen molar-refractivity contribution in [1.82, 2.24) is 16.0 Å². The molecule has 0 fully saturated rings. The molecule has 4 rings (SSSR count). The smallest absolute Gasteiger partial charge is 0.328 e. The van der Waals surface area contributed by atoms with Crippen molar-refractivity contribution < 1.29 is 29.1 Å². The molecule has 0 saturated heterocycles. The Morgan fingerprint density at radius 3 is 2.56 bits per heavy atom. The van der Waals surface area contributed by atoms with Crippen molar-refractivity contribution in [1.29, 1.82) is 0 Å². The average molecular weight is 527 g/mol. The number of amides is 4. The van der Waals surface area contributed by atoms with Crippen LogP contribution in [0.3, 0.4) is 0 Å². The van der Waals surface area contributed by atoms with Crippen LogP contribution in [0.4, 0.5) is 5.69 Å². The van der Waals surface area contributed by atoms with Gasteiger partial charge in [-0.25, -0.2) is 4.79 Å². The molecule has 10 nitrogen and oxygen atoms in total. The Kier molecular flexibility index (Phi) is 7.46. The molecule has 0 bridgehead atoms. The first-order valence-electron chi connectivity index (χ1n) is 10.9. The lowest BCUT2D eigenvalue weighted by molar-refractivity contribution is -0.139. The first kappa shape index (κ1) is 25.1. The lowest BCUT2D eigenvalue weighted by Gasteiger charge is -2.15.